The van der Waals surface area contributed by atoms with Crippen LogP contribution in [0.4, 0.5) is 0 Å². The standard InChI is InChI=1S/C15H22O3/c1-6-17-15(16)14(10(2)3)18-13-9-11(4)7-8-12(13)5/h7-10,14H,6H2,1-5H3. The lowest BCUT2D eigenvalue weighted by Gasteiger charge is -2.22. The molecule has 0 heterocycles. The maximum Gasteiger partial charge on any atom is 0.347 e. The smallest absolute Gasteiger partial charge is 0.347 e. The van der Waals surface area contributed by atoms with Crippen LogP contribution < -0.4 is 4.74 Å². The minimum absolute atomic E-state index is 0.0731. The first-order valence-corrected chi connectivity index (χ1v) is 6.36. The Morgan fingerprint density at radius 2 is 1.94 bits per heavy atom. The summed E-state index contributed by atoms with van der Waals surface area (Å²) < 4.78 is 10.9. The molecule has 0 bridgehead atoms. The lowest BCUT2D eigenvalue weighted by molar-refractivity contribution is -0.153. The molecule has 0 fully saturated rings. The van der Waals surface area contributed by atoms with Gasteiger partial charge in [0, 0.05) is 5.92 Å². The van der Waals surface area contributed by atoms with Gasteiger partial charge >= 0.3 is 5.97 Å². The van der Waals surface area contributed by atoms with Crippen molar-refractivity contribution >= 4 is 5.97 Å². The molecule has 0 saturated heterocycles. The van der Waals surface area contributed by atoms with Gasteiger partial charge in [-0.1, -0.05) is 26.0 Å². The number of carbonyl (C=O) groups excluding carboxylic acids is 1. The van der Waals surface area contributed by atoms with Gasteiger partial charge in [0.15, 0.2) is 6.10 Å². The quantitative estimate of drug-likeness (QED) is 0.752. The van der Waals surface area contributed by atoms with Crippen molar-refractivity contribution in [1.29, 1.82) is 0 Å². The maximum atomic E-state index is 11.8. The number of carbonyl (C=O) groups is 1. The predicted molar refractivity (Wildman–Crippen MR) is 71.8 cm³/mol. The second kappa shape index (κ2) is 6.43. The van der Waals surface area contributed by atoms with Crippen molar-refractivity contribution in [2.75, 3.05) is 6.61 Å². The highest BCUT2D eigenvalue weighted by Gasteiger charge is 2.26. The van der Waals surface area contributed by atoms with E-state index in [2.05, 4.69) is 0 Å². The van der Waals surface area contributed by atoms with E-state index < -0.39 is 6.10 Å². The molecule has 3 nitrogen and oxygen atoms in total. The zero-order chi connectivity index (χ0) is 13.7. The lowest BCUT2D eigenvalue weighted by Crippen LogP contribution is -2.34. The van der Waals surface area contributed by atoms with Crippen LogP contribution in [0.2, 0.25) is 0 Å². The van der Waals surface area contributed by atoms with Crippen LogP contribution >= 0.6 is 0 Å². The van der Waals surface area contributed by atoms with E-state index in [-0.39, 0.29) is 11.9 Å². The molecule has 0 aromatic heterocycles. The summed E-state index contributed by atoms with van der Waals surface area (Å²) in [5.41, 5.74) is 2.14. The van der Waals surface area contributed by atoms with Gasteiger partial charge in [0.05, 0.1) is 6.61 Å². The minimum Gasteiger partial charge on any atom is -0.478 e. The Kier molecular flexibility index (Phi) is 5.20. The fraction of sp³-hybridized carbons (Fsp3) is 0.533. The number of aryl methyl sites for hydroxylation is 2. The average Bonchev–Trinajstić information content (AvgIpc) is 2.30. The molecular formula is C15H22O3. The first-order chi connectivity index (χ1) is 8.45. The van der Waals surface area contributed by atoms with E-state index in [1.165, 1.54) is 0 Å². The molecule has 1 aromatic carbocycles. The second-order valence-electron chi connectivity index (χ2n) is 4.80. The molecule has 0 aliphatic heterocycles. The van der Waals surface area contributed by atoms with Gasteiger partial charge in [-0.05, 0) is 38.0 Å². The number of ether oxygens (including phenoxy) is 2. The van der Waals surface area contributed by atoms with Gasteiger partial charge < -0.3 is 9.47 Å². The van der Waals surface area contributed by atoms with Crippen molar-refractivity contribution in [3.05, 3.63) is 29.3 Å². The van der Waals surface area contributed by atoms with Crippen molar-refractivity contribution in [2.45, 2.75) is 40.7 Å². The van der Waals surface area contributed by atoms with Crippen LogP contribution in [-0.2, 0) is 9.53 Å². The third-order valence-corrected chi connectivity index (χ3v) is 2.72. The van der Waals surface area contributed by atoms with Gasteiger partial charge in [-0.2, -0.15) is 0 Å². The summed E-state index contributed by atoms with van der Waals surface area (Å²) in [5.74, 6) is 0.527. The molecule has 0 saturated carbocycles. The fourth-order valence-corrected chi connectivity index (χ4v) is 1.65. The van der Waals surface area contributed by atoms with Gasteiger partial charge in [0.25, 0.3) is 0 Å². The Hall–Kier alpha value is -1.51. The van der Waals surface area contributed by atoms with Crippen molar-refractivity contribution < 1.29 is 14.3 Å². The molecule has 1 aromatic rings. The molecule has 0 radical (unpaired) electrons. The third kappa shape index (κ3) is 3.76. The molecule has 1 atom stereocenters. The topological polar surface area (TPSA) is 35.5 Å². The van der Waals surface area contributed by atoms with Crippen LogP contribution in [-0.4, -0.2) is 18.7 Å². The molecule has 0 amide bonds. The summed E-state index contributed by atoms with van der Waals surface area (Å²) >= 11 is 0. The molecule has 100 valence electrons. The molecule has 0 spiro atoms. The zero-order valence-corrected chi connectivity index (χ0v) is 11.8. The summed E-state index contributed by atoms with van der Waals surface area (Å²) in [6.45, 7) is 10.0. The van der Waals surface area contributed by atoms with E-state index in [0.29, 0.717) is 6.61 Å². The second-order valence-corrected chi connectivity index (χ2v) is 4.80. The first kappa shape index (κ1) is 14.6. The molecule has 0 aliphatic carbocycles. The molecule has 0 aliphatic rings. The highest BCUT2D eigenvalue weighted by Crippen LogP contribution is 2.23. The largest absolute Gasteiger partial charge is 0.478 e. The summed E-state index contributed by atoms with van der Waals surface area (Å²) in [6, 6.07) is 5.97. The summed E-state index contributed by atoms with van der Waals surface area (Å²) in [5, 5.41) is 0. The Balaban J connectivity index is 2.89. The maximum absolute atomic E-state index is 11.8. The van der Waals surface area contributed by atoms with Crippen molar-refractivity contribution in [3.63, 3.8) is 0 Å². The zero-order valence-electron chi connectivity index (χ0n) is 11.8. The van der Waals surface area contributed by atoms with Gasteiger partial charge in [-0.25, -0.2) is 4.79 Å². The van der Waals surface area contributed by atoms with Gasteiger partial charge in [0.1, 0.15) is 5.75 Å². The van der Waals surface area contributed by atoms with Crippen molar-refractivity contribution in [1.82, 2.24) is 0 Å². The minimum atomic E-state index is -0.551. The Morgan fingerprint density at radius 3 is 2.50 bits per heavy atom. The summed E-state index contributed by atoms with van der Waals surface area (Å²) in [6.07, 6.45) is -0.551. The SMILES string of the molecule is CCOC(=O)C(Oc1cc(C)ccc1C)C(C)C. The van der Waals surface area contributed by atoms with Gasteiger partial charge in [-0.15, -0.1) is 0 Å². The fourth-order valence-electron chi connectivity index (χ4n) is 1.65. The molecule has 0 N–H and O–H groups in total. The van der Waals surface area contributed by atoms with E-state index in [1.807, 2.05) is 45.9 Å². The van der Waals surface area contributed by atoms with Gasteiger partial charge in [-0.3, -0.25) is 0 Å². The summed E-state index contributed by atoms with van der Waals surface area (Å²) in [4.78, 5) is 11.8. The van der Waals surface area contributed by atoms with Crippen LogP contribution in [0.5, 0.6) is 5.75 Å². The highest BCUT2D eigenvalue weighted by molar-refractivity contribution is 5.75. The normalized spacial score (nSPS) is 12.3. The number of esters is 1. The van der Waals surface area contributed by atoms with E-state index in [4.69, 9.17) is 9.47 Å². The van der Waals surface area contributed by atoms with E-state index in [0.717, 1.165) is 16.9 Å². The van der Waals surface area contributed by atoms with Crippen LogP contribution in [0.15, 0.2) is 18.2 Å². The van der Waals surface area contributed by atoms with Crippen LogP contribution in [0.25, 0.3) is 0 Å². The monoisotopic (exact) mass is 250 g/mol. The van der Waals surface area contributed by atoms with Crippen LogP contribution in [0.3, 0.4) is 0 Å². The van der Waals surface area contributed by atoms with Crippen LogP contribution in [0, 0.1) is 19.8 Å². The Bertz CT molecular complexity index is 410. The molecule has 18 heavy (non-hydrogen) atoms. The number of hydrogen-bond acceptors (Lipinski definition) is 3. The predicted octanol–water partition coefficient (Wildman–Crippen LogP) is 3.27. The van der Waals surface area contributed by atoms with E-state index >= 15 is 0 Å². The molecule has 1 unspecified atom stereocenters. The average molecular weight is 250 g/mol. The Labute approximate surface area is 109 Å². The third-order valence-electron chi connectivity index (χ3n) is 2.72. The van der Waals surface area contributed by atoms with Crippen molar-refractivity contribution in [3.8, 4) is 5.75 Å². The van der Waals surface area contributed by atoms with Crippen molar-refractivity contribution in [2.24, 2.45) is 5.92 Å². The number of benzene rings is 1. The Morgan fingerprint density at radius 1 is 1.28 bits per heavy atom. The number of rotatable bonds is 5. The molecular weight excluding hydrogens is 228 g/mol. The first-order valence-electron chi connectivity index (χ1n) is 6.36. The molecule has 3 heteroatoms. The number of hydrogen-bond donors (Lipinski definition) is 0. The highest BCUT2D eigenvalue weighted by atomic mass is 16.6. The summed E-state index contributed by atoms with van der Waals surface area (Å²) in [7, 11) is 0. The van der Waals surface area contributed by atoms with E-state index in [1.54, 1.807) is 6.92 Å². The van der Waals surface area contributed by atoms with Crippen LogP contribution in [0.1, 0.15) is 31.9 Å². The van der Waals surface area contributed by atoms with E-state index in [9.17, 15) is 4.79 Å². The lowest BCUT2D eigenvalue weighted by atomic mass is 10.1. The van der Waals surface area contributed by atoms with Gasteiger partial charge in [0.2, 0.25) is 0 Å². The molecule has 1 rings (SSSR count).